The van der Waals surface area contributed by atoms with Gasteiger partial charge < -0.3 is 4.90 Å². The van der Waals surface area contributed by atoms with E-state index >= 15 is 0 Å². The van der Waals surface area contributed by atoms with Crippen LogP contribution in [0.5, 0.6) is 0 Å². The van der Waals surface area contributed by atoms with E-state index in [1.54, 1.807) is 0 Å². The van der Waals surface area contributed by atoms with Crippen LogP contribution in [0.25, 0.3) is 0 Å². The molecule has 0 radical (unpaired) electrons. The van der Waals surface area contributed by atoms with Gasteiger partial charge in [0.25, 0.3) is 0 Å². The van der Waals surface area contributed by atoms with Crippen molar-refractivity contribution in [1.29, 1.82) is 0 Å². The second-order valence-corrected chi connectivity index (χ2v) is 5.81. The molecule has 0 bridgehead atoms. The smallest absolute Gasteiger partial charge is 0.238 e. The Morgan fingerprint density at radius 1 is 1.39 bits per heavy atom. The molecule has 2 fully saturated rings. The van der Waals surface area contributed by atoms with Gasteiger partial charge in [0.15, 0.2) is 0 Å². The first-order valence-corrected chi connectivity index (χ1v) is 6.83. The summed E-state index contributed by atoms with van der Waals surface area (Å²) in [6, 6.07) is 8.15. The summed E-state index contributed by atoms with van der Waals surface area (Å²) in [4.78, 5) is 14.0. The Labute approximate surface area is 112 Å². The summed E-state index contributed by atoms with van der Waals surface area (Å²) in [6.45, 7) is 2.67. The molecule has 1 heterocycles. The van der Waals surface area contributed by atoms with E-state index in [4.69, 9.17) is 11.6 Å². The summed E-state index contributed by atoms with van der Waals surface area (Å²) < 4.78 is 0. The van der Waals surface area contributed by atoms with Crippen molar-refractivity contribution >= 4 is 17.5 Å². The third-order valence-corrected chi connectivity index (χ3v) is 4.15. The number of carbonyl (C=O) groups excluding carboxylic acids is 1. The Morgan fingerprint density at radius 2 is 2.17 bits per heavy atom. The van der Waals surface area contributed by atoms with E-state index in [0.717, 1.165) is 29.3 Å². The molecule has 96 valence electrons. The Hall–Kier alpha value is -1.06. The molecule has 1 N–H and O–H groups in total. The highest BCUT2D eigenvalue weighted by atomic mass is 35.5. The highest BCUT2D eigenvalue weighted by Gasteiger charge is 2.41. The largest absolute Gasteiger partial charge is 0.319 e. The van der Waals surface area contributed by atoms with Gasteiger partial charge >= 0.3 is 0 Å². The van der Waals surface area contributed by atoms with E-state index < -0.39 is 0 Å². The van der Waals surface area contributed by atoms with E-state index in [1.807, 2.05) is 29.2 Å². The average Bonchev–Trinajstić information content (AvgIpc) is 2.67. The van der Waals surface area contributed by atoms with Gasteiger partial charge in [-0.2, -0.15) is 0 Å². The fourth-order valence-corrected chi connectivity index (χ4v) is 3.17. The van der Waals surface area contributed by atoms with Crippen LogP contribution in [0.1, 0.15) is 31.5 Å². The first-order valence-electron chi connectivity index (χ1n) is 6.45. The minimum atomic E-state index is -0.00583. The van der Waals surface area contributed by atoms with Crippen molar-refractivity contribution in [2.24, 2.45) is 5.92 Å². The summed E-state index contributed by atoms with van der Waals surface area (Å²) in [5.41, 5.74) is 1.08. The lowest BCUT2D eigenvalue weighted by Gasteiger charge is -2.42. The molecule has 1 saturated carbocycles. The van der Waals surface area contributed by atoms with Crippen LogP contribution in [0.3, 0.4) is 0 Å². The minimum absolute atomic E-state index is 0.00583. The van der Waals surface area contributed by atoms with Crippen molar-refractivity contribution in [3.8, 4) is 0 Å². The Morgan fingerprint density at radius 3 is 2.83 bits per heavy atom. The van der Waals surface area contributed by atoms with Crippen LogP contribution in [-0.4, -0.2) is 23.4 Å². The van der Waals surface area contributed by atoms with Gasteiger partial charge in [-0.15, -0.1) is 0 Å². The first-order chi connectivity index (χ1) is 8.65. The molecule has 4 heteroatoms. The molecule has 1 aromatic rings. The average molecular weight is 265 g/mol. The molecule has 3 nitrogen and oxygen atoms in total. The van der Waals surface area contributed by atoms with Crippen molar-refractivity contribution in [1.82, 2.24) is 10.2 Å². The van der Waals surface area contributed by atoms with Crippen LogP contribution in [0.4, 0.5) is 0 Å². The second-order valence-electron chi connectivity index (χ2n) is 5.37. The summed E-state index contributed by atoms with van der Waals surface area (Å²) in [5, 5.41) is 4.00. The molecule has 2 aliphatic rings. The second kappa shape index (κ2) is 4.56. The quantitative estimate of drug-likeness (QED) is 0.890. The molecule has 3 rings (SSSR count). The molecule has 1 unspecified atom stereocenters. The molecule has 1 aliphatic carbocycles. The first kappa shape index (κ1) is 12.0. The zero-order valence-electron chi connectivity index (χ0n) is 10.4. The van der Waals surface area contributed by atoms with Crippen LogP contribution in [0, 0.1) is 5.92 Å². The van der Waals surface area contributed by atoms with Gasteiger partial charge in [-0.25, -0.2) is 0 Å². The summed E-state index contributed by atoms with van der Waals surface area (Å²) in [7, 11) is 0. The fourth-order valence-electron chi connectivity index (χ4n) is 2.97. The number of benzene rings is 1. The number of halogens is 1. The van der Waals surface area contributed by atoms with E-state index in [9.17, 15) is 4.79 Å². The maximum Gasteiger partial charge on any atom is 0.238 e. The number of nitrogens with zero attached hydrogens (tertiary/aromatic N) is 1. The number of carbonyl (C=O) groups is 1. The molecule has 1 aliphatic heterocycles. The molecule has 0 spiro atoms. The monoisotopic (exact) mass is 264 g/mol. The molecular formula is C14H17ClN2O. The van der Waals surface area contributed by atoms with Crippen LogP contribution in [0.15, 0.2) is 24.3 Å². The van der Waals surface area contributed by atoms with Gasteiger partial charge in [0.2, 0.25) is 5.91 Å². The van der Waals surface area contributed by atoms with Gasteiger partial charge in [-0.1, -0.05) is 30.7 Å². The summed E-state index contributed by atoms with van der Waals surface area (Å²) in [6.07, 6.45) is 2.23. The third kappa shape index (κ3) is 2.02. The lowest BCUT2D eigenvalue weighted by molar-refractivity contribution is -0.133. The zero-order valence-corrected chi connectivity index (χ0v) is 11.2. The fraction of sp³-hybridized carbons (Fsp3) is 0.500. The van der Waals surface area contributed by atoms with E-state index in [2.05, 4.69) is 12.2 Å². The van der Waals surface area contributed by atoms with Crippen molar-refractivity contribution in [2.45, 2.75) is 32.0 Å². The lowest BCUT2D eigenvalue weighted by atomic mass is 9.80. The molecule has 1 atom stereocenters. The Balaban J connectivity index is 1.84. The SMILES string of the molecule is CC1CC(N2C(=O)CNC2c2cccc(Cl)c2)C1. The van der Waals surface area contributed by atoms with Crippen molar-refractivity contribution in [3.63, 3.8) is 0 Å². The Bertz CT molecular complexity index is 471. The molecule has 0 aromatic heterocycles. The maximum absolute atomic E-state index is 12.0. The summed E-state index contributed by atoms with van der Waals surface area (Å²) in [5.74, 6) is 0.945. The summed E-state index contributed by atoms with van der Waals surface area (Å²) >= 11 is 6.03. The standard InChI is InChI=1S/C14H17ClN2O/c1-9-5-12(6-9)17-13(18)8-16-14(17)10-3-2-4-11(15)7-10/h2-4,7,9,12,14,16H,5-6,8H2,1H3. The normalized spacial score (nSPS) is 31.6. The van der Waals surface area contributed by atoms with Gasteiger partial charge in [-0.3, -0.25) is 10.1 Å². The van der Waals surface area contributed by atoms with E-state index in [0.29, 0.717) is 12.6 Å². The minimum Gasteiger partial charge on any atom is -0.319 e. The Kier molecular flexibility index (Phi) is 3.04. The number of hydrogen-bond donors (Lipinski definition) is 1. The van der Waals surface area contributed by atoms with Crippen LogP contribution >= 0.6 is 11.6 Å². The maximum atomic E-state index is 12.0. The topological polar surface area (TPSA) is 32.3 Å². The molecule has 1 amide bonds. The number of rotatable bonds is 2. The molecule has 1 saturated heterocycles. The number of amides is 1. The van der Waals surface area contributed by atoms with Gasteiger partial charge in [0, 0.05) is 11.1 Å². The predicted octanol–water partition coefficient (Wildman–Crippen LogP) is 2.57. The van der Waals surface area contributed by atoms with E-state index in [1.165, 1.54) is 0 Å². The highest BCUT2D eigenvalue weighted by Crippen LogP contribution is 2.37. The van der Waals surface area contributed by atoms with Crippen LogP contribution < -0.4 is 5.32 Å². The zero-order chi connectivity index (χ0) is 12.7. The van der Waals surface area contributed by atoms with Gasteiger partial charge in [-0.05, 0) is 36.5 Å². The number of hydrogen-bond acceptors (Lipinski definition) is 2. The van der Waals surface area contributed by atoms with Crippen LogP contribution in [0.2, 0.25) is 5.02 Å². The molecule has 1 aromatic carbocycles. The molecular weight excluding hydrogens is 248 g/mol. The van der Waals surface area contributed by atoms with E-state index in [-0.39, 0.29) is 12.1 Å². The number of nitrogens with one attached hydrogen (secondary N) is 1. The lowest BCUT2D eigenvalue weighted by Crippen LogP contribution is -2.46. The van der Waals surface area contributed by atoms with Crippen LogP contribution in [-0.2, 0) is 4.79 Å². The van der Waals surface area contributed by atoms with Gasteiger partial charge in [0.05, 0.1) is 6.54 Å². The third-order valence-electron chi connectivity index (χ3n) is 3.92. The van der Waals surface area contributed by atoms with Crippen molar-refractivity contribution < 1.29 is 4.79 Å². The molecule has 18 heavy (non-hydrogen) atoms. The van der Waals surface area contributed by atoms with Crippen molar-refractivity contribution in [2.75, 3.05) is 6.54 Å². The van der Waals surface area contributed by atoms with Crippen molar-refractivity contribution in [3.05, 3.63) is 34.9 Å². The predicted molar refractivity (Wildman–Crippen MR) is 71.2 cm³/mol. The van der Waals surface area contributed by atoms with Gasteiger partial charge in [0.1, 0.15) is 6.17 Å². The highest BCUT2D eigenvalue weighted by molar-refractivity contribution is 6.30.